The lowest BCUT2D eigenvalue weighted by Crippen LogP contribution is -2.21. The predicted octanol–water partition coefficient (Wildman–Crippen LogP) is 3.27. The number of nitro benzene ring substituents is 1. The zero-order chi connectivity index (χ0) is 13.8. The topological polar surface area (TPSA) is 78.4 Å². The van der Waals surface area contributed by atoms with Crippen molar-refractivity contribution in [2.45, 2.75) is 45.3 Å². The van der Waals surface area contributed by atoms with Crippen LogP contribution in [-0.4, -0.2) is 11.0 Å². The fourth-order valence-electron chi connectivity index (χ4n) is 2.57. The minimum atomic E-state index is -0.411. The Morgan fingerprint density at radius 2 is 2.26 bits per heavy atom. The summed E-state index contributed by atoms with van der Waals surface area (Å²) in [6, 6.07) is 4.49. The molecule has 0 amide bonds. The number of hydrogen-bond acceptors (Lipinski definition) is 4. The molecule has 1 aromatic rings. The second-order valence-electron chi connectivity index (χ2n) is 5.35. The van der Waals surface area contributed by atoms with Crippen LogP contribution in [-0.2, 0) is 11.3 Å². The van der Waals surface area contributed by atoms with E-state index in [1.807, 2.05) is 0 Å². The van der Waals surface area contributed by atoms with Crippen molar-refractivity contribution in [1.29, 1.82) is 0 Å². The SMILES string of the molecule is CC1CCCC(OCc2cc([N+](=O)[O-])ccc2N)C1. The Balaban J connectivity index is 1.98. The zero-order valence-electron chi connectivity index (χ0n) is 11.2. The molecule has 2 rings (SSSR count). The molecule has 0 heterocycles. The molecule has 1 aromatic carbocycles. The largest absolute Gasteiger partial charge is 0.398 e. The standard InChI is InChI=1S/C14H20N2O3/c1-10-3-2-4-13(7-10)19-9-11-8-12(16(17)18)5-6-14(11)15/h5-6,8,10,13H,2-4,7,9,15H2,1H3. The van der Waals surface area contributed by atoms with E-state index in [0.717, 1.165) is 12.8 Å². The van der Waals surface area contributed by atoms with E-state index in [1.165, 1.54) is 25.0 Å². The van der Waals surface area contributed by atoms with Crippen LogP contribution in [0.4, 0.5) is 11.4 Å². The van der Waals surface area contributed by atoms with Crippen molar-refractivity contribution in [3.8, 4) is 0 Å². The summed E-state index contributed by atoms with van der Waals surface area (Å²) in [6.45, 7) is 2.59. The number of nitrogens with zero attached hydrogens (tertiary/aromatic N) is 1. The molecule has 104 valence electrons. The van der Waals surface area contributed by atoms with Gasteiger partial charge in [0.1, 0.15) is 0 Å². The average Bonchev–Trinajstić information content (AvgIpc) is 2.37. The summed E-state index contributed by atoms with van der Waals surface area (Å²) in [5.41, 5.74) is 7.14. The van der Waals surface area contributed by atoms with Crippen molar-refractivity contribution in [3.63, 3.8) is 0 Å². The maximum absolute atomic E-state index is 10.7. The molecule has 0 spiro atoms. The van der Waals surface area contributed by atoms with E-state index >= 15 is 0 Å². The second-order valence-corrected chi connectivity index (χ2v) is 5.35. The average molecular weight is 264 g/mol. The monoisotopic (exact) mass is 264 g/mol. The number of anilines is 1. The Hall–Kier alpha value is -1.62. The van der Waals surface area contributed by atoms with Crippen molar-refractivity contribution in [3.05, 3.63) is 33.9 Å². The number of rotatable bonds is 4. The summed E-state index contributed by atoms with van der Waals surface area (Å²) >= 11 is 0. The van der Waals surface area contributed by atoms with Gasteiger partial charge in [-0.05, 0) is 24.8 Å². The van der Waals surface area contributed by atoms with E-state index in [2.05, 4.69) is 6.92 Å². The molecule has 2 unspecified atom stereocenters. The molecule has 2 atom stereocenters. The Labute approximate surface area is 112 Å². The van der Waals surface area contributed by atoms with Crippen molar-refractivity contribution >= 4 is 11.4 Å². The van der Waals surface area contributed by atoms with Crippen molar-refractivity contribution in [2.75, 3.05) is 5.73 Å². The molecule has 1 aliphatic carbocycles. The maximum Gasteiger partial charge on any atom is 0.269 e. The number of hydrogen-bond donors (Lipinski definition) is 1. The molecule has 1 saturated carbocycles. The van der Waals surface area contributed by atoms with Gasteiger partial charge in [-0.15, -0.1) is 0 Å². The molecular weight excluding hydrogens is 244 g/mol. The summed E-state index contributed by atoms with van der Waals surface area (Å²) in [6.07, 6.45) is 4.84. The van der Waals surface area contributed by atoms with Crippen LogP contribution in [0.3, 0.4) is 0 Å². The molecule has 0 aromatic heterocycles. The molecular formula is C14H20N2O3. The van der Waals surface area contributed by atoms with Gasteiger partial charge in [0.25, 0.3) is 5.69 Å². The highest BCUT2D eigenvalue weighted by Gasteiger charge is 2.20. The molecule has 1 fully saturated rings. The Morgan fingerprint density at radius 1 is 1.47 bits per heavy atom. The molecule has 2 N–H and O–H groups in total. The van der Waals surface area contributed by atoms with Gasteiger partial charge in [-0.1, -0.05) is 19.8 Å². The van der Waals surface area contributed by atoms with Crippen LogP contribution in [0.5, 0.6) is 0 Å². The van der Waals surface area contributed by atoms with Crippen molar-refractivity contribution < 1.29 is 9.66 Å². The smallest absolute Gasteiger partial charge is 0.269 e. The number of benzene rings is 1. The van der Waals surface area contributed by atoms with Crippen LogP contribution in [0.15, 0.2) is 18.2 Å². The van der Waals surface area contributed by atoms with Crippen LogP contribution in [0.25, 0.3) is 0 Å². The van der Waals surface area contributed by atoms with Crippen LogP contribution >= 0.6 is 0 Å². The first-order chi connectivity index (χ1) is 9.06. The number of ether oxygens (including phenoxy) is 1. The van der Waals surface area contributed by atoms with Gasteiger partial charge >= 0.3 is 0 Å². The highest BCUT2D eigenvalue weighted by Crippen LogP contribution is 2.27. The molecule has 0 radical (unpaired) electrons. The van der Waals surface area contributed by atoms with Crippen LogP contribution in [0.2, 0.25) is 0 Å². The lowest BCUT2D eigenvalue weighted by molar-refractivity contribution is -0.384. The van der Waals surface area contributed by atoms with Crippen LogP contribution in [0, 0.1) is 16.0 Å². The molecule has 19 heavy (non-hydrogen) atoms. The van der Waals surface area contributed by atoms with Gasteiger partial charge in [0.15, 0.2) is 0 Å². The summed E-state index contributed by atoms with van der Waals surface area (Å²) in [5, 5.41) is 10.7. The molecule has 1 aliphatic rings. The summed E-state index contributed by atoms with van der Waals surface area (Å²) in [7, 11) is 0. The van der Waals surface area contributed by atoms with Gasteiger partial charge in [0, 0.05) is 23.4 Å². The van der Waals surface area contributed by atoms with Gasteiger partial charge in [0.05, 0.1) is 17.6 Å². The van der Waals surface area contributed by atoms with E-state index in [1.54, 1.807) is 6.07 Å². The summed E-state index contributed by atoms with van der Waals surface area (Å²) in [5.74, 6) is 0.696. The van der Waals surface area contributed by atoms with Gasteiger partial charge in [-0.2, -0.15) is 0 Å². The zero-order valence-corrected chi connectivity index (χ0v) is 11.2. The minimum Gasteiger partial charge on any atom is -0.398 e. The maximum atomic E-state index is 10.7. The Bertz CT molecular complexity index is 462. The normalized spacial score (nSPS) is 23.2. The predicted molar refractivity (Wildman–Crippen MR) is 73.7 cm³/mol. The highest BCUT2D eigenvalue weighted by molar-refractivity contribution is 5.52. The number of nitro groups is 1. The lowest BCUT2D eigenvalue weighted by atomic mass is 9.89. The number of nitrogen functional groups attached to an aromatic ring is 1. The van der Waals surface area contributed by atoms with Gasteiger partial charge in [-0.25, -0.2) is 0 Å². The molecule has 0 saturated heterocycles. The third-order valence-electron chi connectivity index (χ3n) is 3.70. The third-order valence-corrected chi connectivity index (χ3v) is 3.70. The Kier molecular flexibility index (Phi) is 4.37. The first kappa shape index (κ1) is 13.8. The van der Waals surface area contributed by atoms with Crippen LogP contribution in [0.1, 0.15) is 38.2 Å². The number of non-ortho nitro benzene ring substituents is 1. The fourth-order valence-corrected chi connectivity index (χ4v) is 2.57. The molecule has 5 heteroatoms. The fraction of sp³-hybridized carbons (Fsp3) is 0.571. The summed E-state index contributed by atoms with van der Waals surface area (Å²) < 4.78 is 5.85. The van der Waals surface area contributed by atoms with E-state index in [-0.39, 0.29) is 11.8 Å². The quantitative estimate of drug-likeness (QED) is 0.514. The van der Waals surface area contributed by atoms with Gasteiger partial charge in [-0.3, -0.25) is 10.1 Å². The second kappa shape index (κ2) is 6.02. The van der Waals surface area contributed by atoms with E-state index < -0.39 is 4.92 Å². The number of nitrogens with two attached hydrogens (primary N) is 1. The van der Waals surface area contributed by atoms with Gasteiger partial charge < -0.3 is 10.5 Å². The van der Waals surface area contributed by atoms with E-state index in [4.69, 9.17) is 10.5 Å². The third kappa shape index (κ3) is 3.67. The van der Waals surface area contributed by atoms with Crippen LogP contribution < -0.4 is 5.73 Å². The van der Waals surface area contributed by atoms with E-state index in [9.17, 15) is 10.1 Å². The van der Waals surface area contributed by atoms with Crippen molar-refractivity contribution in [2.24, 2.45) is 5.92 Å². The molecule has 0 aliphatic heterocycles. The first-order valence-electron chi connectivity index (χ1n) is 6.70. The molecule has 5 nitrogen and oxygen atoms in total. The lowest BCUT2D eigenvalue weighted by Gasteiger charge is -2.26. The Morgan fingerprint density at radius 3 is 2.95 bits per heavy atom. The minimum absolute atomic E-state index is 0.0600. The van der Waals surface area contributed by atoms with E-state index in [0.29, 0.717) is 23.8 Å². The van der Waals surface area contributed by atoms with Gasteiger partial charge in [0.2, 0.25) is 0 Å². The molecule has 0 bridgehead atoms. The summed E-state index contributed by atoms with van der Waals surface area (Å²) in [4.78, 5) is 10.3. The van der Waals surface area contributed by atoms with Crippen molar-refractivity contribution in [1.82, 2.24) is 0 Å². The highest BCUT2D eigenvalue weighted by atomic mass is 16.6. The first-order valence-corrected chi connectivity index (χ1v) is 6.70.